The highest BCUT2D eigenvalue weighted by Crippen LogP contribution is 2.26. The van der Waals surface area contributed by atoms with E-state index in [1.54, 1.807) is 24.3 Å². The Labute approximate surface area is 99.3 Å². The molecule has 0 spiro atoms. The first-order chi connectivity index (χ1) is 7.97. The second kappa shape index (κ2) is 4.29. The molecule has 1 aromatic heterocycles. The quantitative estimate of drug-likeness (QED) is 0.789. The van der Waals surface area contributed by atoms with E-state index in [4.69, 9.17) is 11.6 Å². The van der Waals surface area contributed by atoms with Crippen molar-refractivity contribution < 1.29 is 13.2 Å². The van der Waals surface area contributed by atoms with E-state index in [2.05, 4.69) is 15.2 Å². The number of hydrogen-bond acceptors (Lipinski definition) is 3. The lowest BCUT2D eigenvalue weighted by atomic mass is 10.2. The first-order valence-corrected chi connectivity index (χ1v) is 4.87. The molecule has 0 aliphatic carbocycles. The molecule has 1 aromatic carbocycles. The molecule has 0 radical (unpaired) electrons. The van der Waals surface area contributed by atoms with Crippen LogP contribution in [0.2, 0.25) is 5.02 Å². The van der Waals surface area contributed by atoms with Gasteiger partial charge in [-0.3, -0.25) is 0 Å². The lowest BCUT2D eigenvalue weighted by molar-refractivity contribution is -0.145. The molecule has 0 saturated heterocycles. The Morgan fingerprint density at radius 1 is 1.00 bits per heavy atom. The Bertz CT molecular complexity index is 508. The summed E-state index contributed by atoms with van der Waals surface area (Å²) >= 11 is 5.68. The molecule has 0 fully saturated rings. The minimum atomic E-state index is -4.58. The molecule has 2 aromatic rings. The van der Waals surface area contributed by atoms with Gasteiger partial charge in [0.05, 0.1) is 6.20 Å². The number of nitrogens with zero attached hydrogens (tertiary/aromatic N) is 3. The van der Waals surface area contributed by atoms with Crippen molar-refractivity contribution in [3.63, 3.8) is 0 Å². The van der Waals surface area contributed by atoms with Crippen LogP contribution >= 0.6 is 11.6 Å². The third kappa shape index (κ3) is 2.71. The van der Waals surface area contributed by atoms with Crippen LogP contribution in [0.15, 0.2) is 30.5 Å². The molecule has 17 heavy (non-hydrogen) atoms. The summed E-state index contributed by atoms with van der Waals surface area (Å²) in [7, 11) is 0. The Kier molecular flexibility index (Phi) is 2.97. The smallest absolute Gasteiger partial charge is 0.229 e. The first-order valence-electron chi connectivity index (χ1n) is 4.49. The molecule has 0 N–H and O–H groups in total. The van der Waals surface area contributed by atoms with Crippen LogP contribution in [0.5, 0.6) is 0 Å². The van der Waals surface area contributed by atoms with Crippen molar-refractivity contribution in [2.45, 2.75) is 6.18 Å². The third-order valence-corrected chi connectivity index (χ3v) is 2.21. The number of aromatic nitrogens is 3. The zero-order chi connectivity index (χ0) is 12.5. The second-order valence-corrected chi connectivity index (χ2v) is 3.61. The van der Waals surface area contributed by atoms with Gasteiger partial charge in [0.1, 0.15) is 5.69 Å². The lowest BCUT2D eigenvalue weighted by Gasteiger charge is -2.04. The van der Waals surface area contributed by atoms with Gasteiger partial charge in [0.15, 0.2) is 0 Å². The molecule has 7 heteroatoms. The fraction of sp³-hybridized carbons (Fsp3) is 0.100. The summed E-state index contributed by atoms with van der Waals surface area (Å²) < 4.78 is 36.6. The molecule has 0 atom stereocenters. The van der Waals surface area contributed by atoms with E-state index < -0.39 is 12.0 Å². The van der Waals surface area contributed by atoms with Crippen molar-refractivity contribution in [3.05, 3.63) is 41.3 Å². The summed E-state index contributed by atoms with van der Waals surface area (Å²) in [5.74, 6) is -1.25. The summed E-state index contributed by atoms with van der Waals surface area (Å²) in [5, 5.41) is 7.03. The summed E-state index contributed by atoms with van der Waals surface area (Å²) in [6, 6.07) is 6.47. The summed E-state index contributed by atoms with van der Waals surface area (Å²) in [6.45, 7) is 0. The number of halogens is 4. The Hall–Kier alpha value is -1.69. The molecule has 2 rings (SSSR count). The van der Waals surface area contributed by atoms with Crippen molar-refractivity contribution >= 4 is 11.6 Å². The fourth-order valence-electron chi connectivity index (χ4n) is 1.16. The Morgan fingerprint density at radius 3 is 2.12 bits per heavy atom. The molecule has 0 saturated carbocycles. The molecule has 0 aliphatic heterocycles. The van der Waals surface area contributed by atoms with E-state index in [1.807, 2.05) is 0 Å². The molecule has 0 amide bonds. The van der Waals surface area contributed by atoms with Gasteiger partial charge in [-0.1, -0.05) is 23.7 Å². The molecule has 3 nitrogen and oxygen atoms in total. The molecule has 0 unspecified atom stereocenters. The van der Waals surface area contributed by atoms with Crippen LogP contribution < -0.4 is 0 Å². The average Bonchev–Trinajstić information content (AvgIpc) is 2.29. The minimum absolute atomic E-state index is 0.259. The fourth-order valence-corrected chi connectivity index (χ4v) is 1.28. The van der Waals surface area contributed by atoms with Crippen molar-refractivity contribution in [3.8, 4) is 11.3 Å². The highest BCUT2D eigenvalue weighted by molar-refractivity contribution is 6.30. The summed E-state index contributed by atoms with van der Waals surface area (Å²) in [4.78, 5) is 3.22. The van der Waals surface area contributed by atoms with E-state index in [0.29, 0.717) is 10.6 Å². The van der Waals surface area contributed by atoms with Crippen LogP contribution in [0.25, 0.3) is 11.3 Å². The van der Waals surface area contributed by atoms with E-state index in [9.17, 15) is 13.2 Å². The standard InChI is InChI=1S/C10H5ClF3N3/c11-7-3-1-6(2-4-7)8-5-15-9(17-16-8)10(12,13)14/h1-5H. The zero-order valence-corrected chi connectivity index (χ0v) is 9.00. The molecule has 88 valence electrons. The third-order valence-electron chi connectivity index (χ3n) is 1.96. The van der Waals surface area contributed by atoms with Crippen LogP contribution in [0.1, 0.15) is 5.82 Å². The topological polar surface area (TPSA) is 38.7 Å². The zero-order valence-electron chi connectivity index (χ0n) is 8.24. The van der Waals surface area contributed by atoms with Crippen LogP contribution in [0.3, 0.4) is 0 Å². The molecular weight excluding hydrogens is 255 g/mol. The SMILES string of the molecule is FC(F)(F)c1ncc(-c2ccc(Cl)cc2)nn1. The van der Waals surface area contributed by atoms with Crippen molar-refractivity contribution in [2.75, 3.05) is 0 Å². The number of alkyl halides is 3. The average molecular weight is 260 g/mol. The molecular formula is C10H5ClF3N3. The van der Waals surface area contributed by atoms with Gasteiger partial charge in [0.2, 0.25) is 0 Å². The van der Waals surface area contributed by atoms with E-state index in [0.717, 1.165) is 6.20 Å². The van der Waals surface area contributed by atoms with E-state index >= 15 is 0 Å². The highest BCUT2D eigenvalue weighted by atomic mass is 35.5. The van der Waals surface area contributed by atoms with Crippen molar-refractivity contribution in [1.82, 2.24) is 15.2 Å². The van der Waals surface area contributed by atoms with Crippen LogP contribution in [0, 0.1) is 0 Å². The number of benzene rings is 1. The minimum Gasteiger partial charge on any atom is -0.229 e. The van der Waals surface area contributed by atoms with E-state index in [-0.39, 0.29) is 5.69 Å². The number of hydrogen-bond donors (Lipinski definition) is 0. The highest BCUT2D eigenvalue weighted by Gasteiger charge is 2.35. The van der Waals surface area contributed by atoms with Crippen molar-refractivity contribution in [1.29, 1.82) is 0 Å². The van der Waals surface area contributed by atoms with Gasteiger partial charge in [0.25, 0.3) is 5.82 Å². The van der Waals surface area contributed by atoms with Gasteiger partial charge in [-0.05, 0) is 12.1 Å². The monoisotopic (exact) mass is 259 g/mol. The Morgan fingerprint density at radius 2 is 1.65 bits per heavy atom. The second-order valence-electron chi connectivity index (χ2n) is 3.17. The molecule has 0 aliphatic rings. The van der Waals surface area contributed by atoms with Gasteiger partial charge in [-0.25, -0.2) is 4.98 Å². The van der Waals surface area contributed by atoms with Gasteiger partial charge in [-0.2, -0.15) is 13.2 Å². The maximum Gasteiger partial charge on any atom is 0.453 e. The summed E-state index contributed by atoms with van der Waals surface area (Å²) in [6.07, 6.45) is -3.55. The van der Waals surface area contributed by atoms with E-state index in [1.165, 1.54) is 0 Å². The van der Waals surface area contributed by atoms with Gasteiger partial charge in [0, 0.05) is 10.6 Å². The lowest BCUT2D eigenvalue weighted by Crippen LogP contribution is -2.12. The summed E-state index contributed by atoms with van der Waals surface area (Å²) in [5.41, 5.74) is 0.859. The predicted octanol–water partition coefficient (Wildman–Crippen LogP) is 3.21. The number of rotatable bonds is 1. The first kappa shape index (κ1) is 11.8. The van der Waals surface area contributed by atoms with Crippen LogP contribution in [-0.2, 0) is 6.18 Å². The predicted molar refractivity (Wildman–Crippen MR) is 55.3 cm³/mol. The maximum absolute atomic E-state index is 12.2. The van der Waals surface area contributed by atoms with Gasteiger partial charge >= 0.3 is 6.18 Å². The molecule has 0 bridgehead atoms. The van der Waals surface area contributed by atoms with Crippen LogP contribution in [-0.4, -0.2) is 15.2 Å². The van der Waals surface area contributed by atoms with Gasteiger partial charge < -0.3 is 0 Å². The van der Waals surface area contributed by atoms with Crippen LogP contribution in [0.4, 0.5) is 13.2 Å². The molecule has 1 heterocycles. The van der Waals surface area contributed by atoms with Gasteiger partial charge in [-0.15, -0.1) is 10.2 Å². The maximum atomic E-state index is 12.2. The Balaban J connectivity index is 2.33. The largest absolute Gasteiger partial charge is 0.453 e. The normalized spacial score (nSPS) is 11.5. The van der Waals surface area contributed by atoms with Crippen molar-refractivity contribution in [2.24, 2.45) is 0 Å².